The predicted molar refractivity (Wildman–Crippen MR) is 135 cm³/mol. The number of ether oxygens (including phenoxy) is 1. The molecule has 0 aliphatic heterocycles. The lowest BCUT2D eigenvalue weighted by Crippen LogP contribution is -2.13. The summed E-state index contributed by atoms with van der Waals surface area (Å²) in [6.45, 7) is 2.49. The predicted octanol–water partition coefficient (Wildman–Crippen LogP) is 7.08. The third-order valence-electron chi connectivity index (χ3n) is 5.17. The SMILES string of the molecule is CCOc1ccc(C(=O)CCC(=O)Nc2cc(-c3ccccc3)sc2-c2ccccc2)cc1. The quantitative estimate of drug-likeness (QED) is 0.274. The van der Waals surface area contributed by atoms with Gasteiger partial charge in [0.05, 0.1) is 17.2 Å². The smallest absolute Gasteiger partial charge is 0.224 e. The molecule has 1 aromatic heterocycles. The summed E-state index contributed by atoms with van der Waals surface area (Å²) < 4.78 is 5.41. The van der Waals surface area contributed by atoms with Crippen LogP contribution in [0.1, 0.15) is 30.1 Å². The van der Waals surface area contributed by atoms with E-state index >= 15 is 0 Å². The first-order valence-electron chi connectivity index (χ1n) is 10.9. The fraction of sp³-hybridized carbons (Fsp3) is 0.143. The molecule has 166 valence electrons. The molecule has 4 aromatic rings. The van der Waals surface area contributed by atoms with Crippen LogP contribution in [0.5, 0.6) is 5.75 Å². The van der Waals surface area contributed by atoms with Crippen molar-refractivity contribution in [2.24, 2.45) is 0 Å². The van der Waals surface area contributed by atoms with E-state index in [0.717, 1.165) is 32.3 Å². The molecule has 0 fully saturated rings. The van der Waals surface area contributed by atoms with Gasteiger partial charge in [-0.15, -0.1) is 11.3 Å². The Morgan fingerprint density at radius 1 is 0.818 bits per heavy atom. The molecule has 0 aliphatic carbocycles. The number of thiophene rings is 1. The van der Waals surface area contributed by atoms with Gasteiger partial charge in [-0.3, -0.25) is 9.59 Å². The molecular formula is C28H25NO3S. The number of carbonyl (C=O) groups excluding carboxylic acids is 2. The van der Waals surface area contributed by atoms with Crippen LogP contribution < -0.4 is 10.1 Å². The summed E-state index contributed by atoms with van der Waals surface area (Å²) in [5.74, 6) is 0.488. The van der Waals surface area contributed by atoms with Crippen molar-refractivity contribution in [1.82, 2.24) is 0 Å². The Morgan fingerprint density at radius 3 is 2.09 bits per heavy atom. The van der Waals surface area contributed by atoms with E-state index in [1.54, 1.807) is 35.6 Å². The van der Waals surface area contributed by atoms with Crippen LogP contribution in [0.4, 0.5) is 5.69 Å². The van der Waals surface area contributed by atoms with E-state index < -0.39 is 0 Å². The second-order valence-corrected chi connectivity index (χ2v) is 8.57. The normalized spacial score (nSPS) is 10.6. The summed E-state index contributed by atoms with van der Waals surface area (Å²) in [4.78, 5) is 27.3. The number of hydrogen-bond acceptors (Lipinski definition) is 4. The molecule has 0 aliphatic rings. The molecule has 4 nitrogen and oxygen atoms in total. The number of amides is 1. The Morgan fingerprint density at radius 2 is 1.45 bits per heavy atom. The average Bonchev–Trinajstić information content (AvgIpc) is 3.28. The van der Waals surface area contributed by atoms with Crippen LogP contribution in [-0.2, 0) is 4.79 Å². The van der Waals surface area contributed by atoms with E-state index in [-0.39, 0.29) is 24.5 Å². The molecule has 3 aromatic carbocycles. The van der Waals surface area contributed by atoms with Crippen molar-refractivity contribution in [2.45, 2.75) is 19.8 Å². The van der Waals surface area contributed by atoms with Gasteiger partial charge in [0, 0.05) is 23.3 Å². The van der Waals surface area contributed by atoms with E-state index in [2.05, 4.69) is 17.4 Å². The van der Waals surface area contributed by atoms with Gasteiger partial charge in [0.15, 0.2) is 5.78 Å². The number of anilines is 1. The van der Waals surface area contributed by atoms with Gasteiger partial charge in [-0.25, -0.2) is 0 Å². The largest absolute Gasteiger partial charge is 0.494 e. The first-order valence-corrected chi connectivity index (χ1v) is 11.8. The first kappa shape index (κ1) is 22.5. The molecule has 1 N–H and O–H groups in total. The zero-order valence-corrected chi connectivity index (χ0v) is 19.2. The Hall–Kier alpha value is -3.70. The zero-order chi connectivity index (χ0) is 23.0. The average molecular weight is 456 g/mol. The summed E-state index contributed by atoms with van der Waals surface area (Å²) in [5.41, 5.74) is 3.50. The van der Waals surface area contributed by atoms with Gasteiger partial charge in [-0.2, -0.15) is 0 Å². The number of Topliss-reactive ketones (excluding diaryl/α,β-unsaturated/α-hetero) is 1. The second kappa shape index (κ2) is 10.7. The molecule has 4 rings (SSSR count). The molecule has 5 heteroatoms. The molecule has 1 amide bonds. The summed E-state index contributed by atoms with van der Waals surface area (Å²) in [5, 5.41) is 3.03. The third-order valence-corrected chi connectivity index (χ3v) is 6.40. The maximum Gasteiger partial charge on any atom is 0.224 e. The van der Waals surface area contributed by atoms with Crippen LogP contribution in [0.15, 0.2) is 91.0 Å². The van der Waals surface area contributed by atoms with Gasteiger partial charge in [-0.05, 0) is 48.4 Å². The zero-order valence-electron chi connectivity index (χ0n) is 18.4. The number of ketones is 1. The molecular weight excluding hydrogens is 430 g/mol. The van der Waals surface area contributed by atoms with Crippen molar-refractivity contribution in [3.05, 3.63) is 96.6 Å². The van der Waals surface area contributed by atoms with Gasteiger partial charge in [-0.1, -0.05) is 60.7 Å². The number of rotatable bonds is 9. The maximum atomic E-state index is 12.7. The van der Waals surface area contributed by atoms with Crippen molar-refractivity contribution >= 4 is 28.7 Å². The number of nitrogens with one attached hydrogen (secondary N) is 1. The second-order valence-electron chi connectivity index (χ2n) is 7.51. The Balaban J connectivity index is 1.46. The third kappa shape index (κ3) is 5.76. The van der Waals surface area contributed by atoms with E-state index in [0.29, 0.717) is 12.2 Å². The minimum Gasteiger partial charge on any atom is -0.494 e. The lowest BCUT2D eigenvalue weighted by atomic mass is 10.1. The van der Waals surface area contributed by atoms with Crippen LogP contribution in [-0.4, -0.2) is 18.3 Å². The molecule has 0 spiro atoms. The topological polar surface area (TPSA) is 55.4 Å². The van der Waals surface area contributed by atoms with Crippen LogP contribution in [0.2, 0.25) is 0 Å². The highest BCUT2D eigenvalue weighted by Crippen LogP contribution is 2.41. The van der Waals surface area contributed by atoms with Crippen molar-refractivity contribution in [3.63, 3.8) is 0 Å². The molecule has 33 heavy (non-hydrogen) atoms. The van der Waals surface area contributed by atoms with Gasteiger partial charge in [0.25, 0.3) is 0 Å². The van der Waals surface area contributed by atoms with Crippen LogP contribution in [0.25, 0.3) is 20.9 Å². The molecule has 0 unspecified atom stereocenters. The highest BCUT2D eigenvalue weighted by Gasteiger charge is 2.16. The monoisotopic (exact) mass is 455 g/mol. The van der Waals surface area contributed by atoms with E-state index in [1.807, 2.05) is 61.5 Å². The lowest BCUT2D eigenvalue weighted by molar-refractivity contribution is -0.116. The van der Waals surface area contributed by atoms with Gasteiger partial charge in [0.2, 0.25) is 5.91 Å². The lowest BCUT2D eigenvalue weighted by Gasteiger charge is -2.07. The molecule has 0 saturated heterocycles. The first-order chi connectivity index (χ1) is 16.1. The van der Waals surface area contributed by atoms with Gasteiger partial charge < -0.3 is 10.1 Å². The highest BCUT2D eigenvalue weighted by molar-refractivity contribution is 7.19. The molecule has 0 saturated carbocycles. The summed E-state index contributed by atoms with van der Waals surface area (Å²) >= 11 is 1.64. The number of benzene rings is 3. The maximum absolute atomic E-state index is 12.7. The van der Waals surface area contributed by atoms with Crippen molar-refractivity contribution < 1.29 is 14.3 Å². The van der Waals surface area contributed by atoms with Crippen LogP contribution >= 0.6 is 11.3 Å². The molecule has 0 radical (unpaired) electrons. The van der Waals surface area contributed by atoms with Crippen molar-refractivity contribution in [2.75, 3.05) is 11.9 Å². The Bertz CT molecular complexity index is 1220. The van der Waals surface area contributed by atoms with E-state index in [1.165, 1.54) is 0 Å². The Kier molecular flexibility index (Phi) is 7.33. The van der Waals surface area contributed by atoms with Crippen molar-refractivity contribution in [3.8, 4) is 26.6 Å². The Labute approximate surface area is 197 Å². The minimum absolute atomic E-state index is 0.0632. The summed E-state index contributed by atoms with van der Waals surface area (Å²) in [6, 6.07) is 29.2. The number of carbonyl (C=O) groups is 2. The van der Waals surface area contributed by atoms with Gasteiger partial charge in [0.1, 0.15) is 5.75 Å². The highest BCUT2D eigenvalue weighted by atomic mass is 32.1. The molecule has 0 bridgehead atoms. The van der Waals surface area contributed by atoms with Gasteiger partial charge >= 0.3 is 0 Å². The molecule has 1 heterocycles. The standard InChI is InChI=1S/C28H25NO3S/c1-2-32-23-15-13-20(14-16-23)25(30)17-18-27(31)29-24-19-26(21-9-5-3-6-10-21)33-28(24)22-11-7-4-8-12-22/h3-16,19H,2,17-18H2,1H3,(H,29,31). The minimum atomic E-state index is -0.177. The molecule has 0 atom stereocenters. The fourth-order valence-electron chi connectivity index (χ4n) is 3.52. The fourth-order valence-corrected chi connectivity index (χ4v) is 4.64. The summed E-state index contributed by atoms with van der Waals surface area (Å²) in [6.07, 6.45) is 0.271. The van der Waals surface area contributed by atoms with Crippen molar-refractivity contribution in [1.29, 1.82) is 0 Å². The van der Waals surface area contributed by atoms with Crippen LogP contribution in [0.3, 0.4) is 0 Å². The summed E-state index contributed by atoms with van der Waals surface area (Å²) in [7, 11) is 0. The van der Waals surface area contributed by atoms with Crippen LogP contribution in [0, 0.1) is 0 Å². The van der Waals surface area contributed by atoms with E-state index in [9.17, 15) is 9.59 Å². The van der Waals surface area contributed by atoms with E-state index in [4.69, 9.17) is 4.74 Å². The number of hydrogen-bond donors (Lipinski definition) is 1.